The number of nitrogens with zero attached hydrogens (tertiary/aromatic N) is 1. The maximum absolute atomic E-state index is 13.6. The standard InChI is InChI=1S/C26H42ClF2N5O3S/c1-13-6-16(17-8-22(27)31-10-20(17)37-2)18(9-30-13)24(35)33-26-32-19-11-34(12-21(19)38-26)25(36)15-5-3-4-14(7-15)23(28)29/h13-23,26,30-32H,3-12H2,1-2H3,(H,33,35). The van der Waals surface area contributed by atoms with E-state index in [0.717, 1.165) is 12.8 Å². The van der Waals surface area contributed by atoms with E-state index in [4.69, 9.17) is 16.3 Å². The lowest BCUT2D eigenvalue weighted by atomic mass is 9.70. The topological polar surface area (TPSA) is 94.7 Å². The smallest absolute Gasteiger partial charge is 0.241 e. The molecule has 4 aliphatic heterocycles. The lowest BCUT2D eigenvalue weighted by Gasteiger charge is -2.45. The maximum atomic E-state index is 13.6. The van der Waals surface area contributed by atoms with Gasteiger partial charge in [0.1, 0.15) is 5.50 Å². The minimum Gasteiger partial charge on any atom is -0.380 e. The summed E-state index contributed by atoms with van der Waals surface area (Å²) in [4.78, 5) is 28.5. The molecule has 38 heavy (non-hydrogen) atoms. The average molecular weight is 578 g/mol. The van der Waals surface area contributed by atoms with Crippen LogP contribution in [0.15, 0.2) is 0 Å². The van der Waals surface area contributed by atoms with Gasteiger partial charge in [0.05, 0.1) is 17.5 Å². The second-order valence-electron chi connectivity index (χ2n) is 11.9. The number of alkyl halides is 3. The zero-order valence-corrected chi connectivity index (χ0v) is 23.8. The van der Waals surface area contributed by atoms with Gasteiger partial charge in [-0.1, -0.05) is 6.42 Å². The lowest BCUT2D eigenvalue weighted by molar-refractivity contribution is -0.137. The highest BCUT2D eigenvalue weighted by Crippen LogP contribution is 2.39. The normalized spacial score (nSPS) is 43.7. The number of nitrogens with one attached hydrogen (secondary N) is 4. The van der Waals surface area contributed by atoms with Gasteiger partial charge in [-0.2, -0.15) is 0 Å². The summed E-state index contributed by atoms with van der Waals surface area (Å²) in [5.74, 6) is -0.697. The fraction of sp³-hybridized carbons (Fsp3) is 0.923. The molecule has 5 aliphatic rings. The van der Waals surface area contributed by atoms with Crippen molar-refractivity contribution < 1.29 is 23.1 Å². The molecule has 5 fully saturated rings. The van der Waals surface area contributed by atoms with Gasteiger partial charge >= 0.3 is 0 Å². The largest absolute Gasteiger partial charge is 0.380 e. The minimum absolute atomic E-state index is 0.0187. The molecule has 11 atom stereocenters. The number of carbonyl (C=O) groups excluding carboxylic acids is 2. The third-order valence-electron chi connectivity index (χ3n) is 9.46. The molecule has 0 radical (unpaired) electrons. The van der Waals surface area contributed by atoms with Crippen molar-refractivity contribution in [3.05, 3.63) is 0 Å². The number of hydrogen-bond acceptors (Lipinski definition) is 7. The van der Waals surface area contributed by atoms with Gasteiger partial charge in [0.2, 0.25) is 18.2 Å². The Kier molecular flexibility index (Phi) is 9.42. The highest BCUT2D eigenvalue weighted by atomic mass is 35.5. The van der Waals surface area contributed by atoms with E-state index in [1.165, 1.54) is 0 Å². The van der Waals surface area contributed by atoms with Crippen LogP contribution >= 0.6 is 23.4 Å². The second-order valence-corrected chi connectivity index (χ2v) is 13.8. The first-order valence-corrected chi connectivity index (χ1v) is 15.5. The first-order chi connectivity index (χ1) is 18.2. The van der Waals surface area contributed by atoms with Crippen molar-refractivity contribution in [1.82, 2.24) is 26.2 Å². The van der Waals surface area contributed by atoms with Crippen LogP contribution in [0.5, 0.6) is 0 Å². The number of fused-ring (bicyclic) bond motifs is 1. The average Bonchev–Trinajstić information content (AvgIpc) is 3.47. The zero-order valence-electron chi connectivity index (χ0n) is 22.2. The summed E-state index contributed by atoms with van der Waals surface area (Å²) < 4.78 is 32.2. The molecule has 0 aromatic heterocycles. The number of carbonyl (C=O) groups is 2. The van der Waals surface area contributed by atoms with Crippen LogP contribution in [0.2, 0.25) is 0 Å². The van der Waals surface area contributed by atoms with Gasteiger partial charge in [-0.25, -0.2) is 8.78 Å². The van der Waals surface area contributed by atoms with Crippen LogP contribution < -0.4 is 21.3 Å². The van der Waals surface area contributed by atoms with Gasteiger partial charge in [-0.15, -0.1) is 23.4 Å². The second kappa shape index (κ2) is 12.4. The van der Waals surface area contributed by atoms with Crippen LogP contribution in [-0.2, 0) is 14.3 Å². The number of ether oxygens (including phenoxy) is 1. The van der Waals surface area contributed by atoms with E-state index in [0.29, 0.717) is 57.9 Å². The molecule has 8 nitrogen and oxygen atoms in total. The number of hydrogen-bond donors (Lipinski definition) is 4. The Morgan fingerprint density at radius 3 is 2.66 bits per heavy atom. The molecule has 0 aromatic rings. The van der Waals surface area contributed by atoms with Gasteiger partial charge in [-0.05, 0) is 50.9 Å². The van der Waals surface area contributed by atoms with Gasteiger partial charge in [0, 0.05) is 62.5 Å². The highest BCUT2D eigenvalue weighted by Gasteiger charge is 2.47. The summed E-state index contributed by atoms with van der Waals surface area (Å²) in [6, 6.07) is 0.413. The monoisotopic (exact) mass is 577 g/mol. The fourth-order valence-corrected chi connectivity index (χ4v) is 9.09. The number of piperidine rings is 2. The first kappa shape index (κ1) is 28.8. The van der Waals surface area contributed by atoms with Crippen LogP contribution in [0.4, 0.5) is 8.78 Å². The zero-order chi connectivity index (χ0) is 27.0. The van der Waals surface area contributed by atoms with Gasteiger partial charge in [0.15, 0.2) is 0 Å². The Morgan fingerprint density at radius 2 is 1.92 bits per heavy atom. The Labute approximate surface area is 233 Å². The number of thioether (sulfide) groups is 1. The minimum atomic E-state index is -2.35. The van der Waals surface area contributed by atoms with Gasteiger partial charge < -0.3 is 20.3 Å². The summed E-state index contributed by atoms with van der Waals surface area (Å²) >= 11 is 8.11. The molecule has 0 spiro atoms. The molecule has 4 N–H and O–H groups in total. The van der Waals surface area contributed by atoms with Crippen molar-refractivity contribution in [3.8, 4) is 0 Å². The number of likely N-dealkylation sites (tertiary alicyclic amines) is 1. The van der Waals surface area contributed by atoms with Crippen LogP contribution in [0, 0.1) is 29.6 Å². The molecular formula is C26H42ClF2N5O3S. The molecule has 216 valence electrons. The molecule has 1 aliphatic carbocycles. The van der Waals surface area contributed by atoms with Gasteiger partial charge in [-0.3, -0.25) is 20.2 Å². The van der Waals surface area contributed by atoms with E-state index in [1.54, 1.807) is 18.9 Å². The molecular weight excluding hydrogens is 536 g/mol. The van der Waals surface area contributed by atoms with Crippen LogP contribution in [-0.4, -0.2) is 90.9 Å². The van der Waals surface area contributed by atoms with E-state index in [1.807, 2.05) is 4.90 Å². The van der Waals surface area contributed by atoms with Crippen molar-refractivity contribution in [1.29, 1.82) is 0 Å². The van der Waals surface area contributed by atoms with Crippen molar-refractivity contribution in [2.45, 2.75) is 86.3 Å². The molecule has 12 heteroatoms. The van der Waals surface area contributed by atoms with E-state index in [-0.39, 0.29) is 63.9 Å². The Balaban J connectivity index is 1.15. The SMILES string of the molecule is COC1CNC(Cl)CC1C1CC(C)NCC1C(=O)NC1NC2CN(C(=O)C3CCCC(C(F)F)C3)CC2S1. The summed E-state index contributed by atoms with van der Waals surface area (Å²) in [5, 5.41) is 13.7. The third kappa shape index (κ3) is 6.28. The van der Waals surface area contributed by atoms with Crippen molar-refractivity contribution in [2.24, 2.45) is 29.6 Å². The Hall–Kier alpha value is -0.720. The fourth-order valence-electron chi connectivity index (χ4n) is 7.39. The van der Waals surface area contributed by atoms with Crippen LogP contribution in [0.25, 0.3) is 0 Å². The Bertz CT molecular complexity index is 848. The van der Waals surface area contributed by atoms with Crippen molar-refractivity contribution in [2.75, 3.05) is 33.3 Å². The molecule has 11 unspecified atom stereocenters. The molecule has 4 heterocycles. The predicted octanol–water partition coefficient (Wildman–Crippen LogP) is 2.18. The molecule has 0 aromatic carbocycles. The quantitative estimate of drug-likeness (QED) is 0.284. The number of halogens is 3. The third-order valence-corrected chi connectivity index (χ3v) is 11.1. The Morgan fingerprint density at radius 1 is 1.11 bits per heavy atom. The molecule has 1 saturated carbocycles. The lowest BCUT2D eigenvalue weighted by Crippen LogP contribution is -2.57. The summed E-state index contributed by atoms with van der Waals surface area (Å²) in [7, 11) is 1.73. The van der Waals surface area contributed by atoms with E-state index in [2.05, 4.69) is 28.2 Å². The first-order valence-electron chi connectivity index (χ1n) is 14.2. The maximum Gasteiger partial charge on any atom is 0.241 e. The predicted molar refractivity (Wildman–Crippen MR) is 144 cm³/mol. The molecule has 5 rings (SSSR count). The number of rotatable bonds is 6. The molecule has 4 saturated heterocycles. The molecule has 2 amide bonds. The van der Waals surface area contributed by atoms with E-state index < -0.39 is 12.3 Å². The number of methoxy groups -OCH3 is 1. The summed E-state index contributed by atoms with van der Waals surface area (Å²) in [6.45, 7) is 4.62. The van der Waals surface area contributed by atoms with E-state index >= 15 is 0 Å². The van der Waals surface area contributed by atoms with Crippen molar-refractivity contribution >= 4 is 35.2 Å². The van der Waals surface area contributed by atoms with Gasteiger partial charge in [0.25, 0.3) is 0 Å². The highest BCUT2D eigenvalue weighted by molar-refractivity contribution is 8.00. The van der Waals surface area contributed by atoms with Crippen LogP contribution in [0.3, 0.4) is 0 Å². The van der Waals surface area contributed by atoms with Crippen molar-refractivity contribution in [3.63, 3.8) is 0 Å². The van der Waals surface area contributed by atoms with E-state index in [9.17, 15) is 18.4 Å². The summed E-state index contributed by atoms with van der Waals surface area (Å²) in [6.07, 6.45) is 1.54. The van der Waals surface area contributed by atoms with Crippen LogP contribution in [0.1, 0.15) is 45.4 Å². The summed E-state index contributed by atoms with van der Waals surface area (Å²) in [5.41, 5.74) is -0.327. The molecule has 0 bridgehead atoms. The number of amides is 2.